The van der Waals surface area contributed by atoms with E-state index in [1.165, 1.54) is 4.68 Å². The molecule has 0 atom stereocenters. The fraction of sp³-hybridized carbons (Fsp3) is 0.231. The van der Waals surface area contributed by atoms with E-state index in [1.807, 2.05) is 25.1 Å². The van der Waals surface area contributed by atoms with Gasteiger partial charge in [0.1, 0.15) is 5.75 Å². The molecule has 0 saturated carbocycles. The molecule has 0 aliphatic heterocycles. The van der Waals surface area contributed by atoms with E-state index < -0.39 is 0 Å². The van der Waals surface area contributed by atoms with E-state index >= 15 is 0 Å². The van der Waals surface area contributed by atoms with Gasteiger partial charge in [-0.2, -0.15) is 5.10 Å². The Morgan fingerprint density at radius 1 is 1.39 bits per heavy atom. The summed E-state index contributed by atoms with van der Waals surface area (Å²) in [6, 6.07) is 7.27. The lowest BCUT2D eigenvalue weighted by Crippen LogP contribution is -2.22. The number of ether oxygens (including phenoxy) is 1. The Kier molecular flexibility index (Phi) is 3.81. The Bertz CT molecular complexity index is 623. The molecule has 0 unspecified atom stereocenters. The third-order valence-corrected chi connectivity index (χ3v) is 3.17. The summed E-state index contributed by atoms with van der Waals surface area (Å²) < 4.78 is 7.45. The van der Waals surface area contributed by atoms with E-state index in [4.69, 9.17) is 4.74 Å². The zero-order valence-electron chi connectivity index (χ0n) is 10.2. The van der Waals surface area contributed by atoms with E-state index in [-0.39, 0.29) is 5.56 Å². The van der Waals surface area contributed by atoms with Gasteiger partial charge in [0.05, 0.1) is 24.3 Å². The highest BCUT2D eigenvalue weighted by atomic mass is 79.9. The molecule has 0 saturated heterocycles. The van der Waals surface area contributed by atoms with E-state index in [2.05, 4.69) is 21.0 Å². The van der Waals surface area contributed by atoms with Crippen LogP contribution in [0.1, 0.15) is 11.1 Å². The van der Waals surface area contributed by atoms with Crippen molar-refractivity contribution in [1.29, 1.82) is 0 Å². The van der Waals surface area contributed by atoms with E-state index in [9.17, 15) is 4.79 Å². The van der Waals surface area contributed by atoms with Gasteiger partial charge in [-0.3, -0.25) is 4.79 Å². The van der Waals surface area contributed by atoms with Crippen molar-refractivity contribution in [3.8, 4) is 5.75 Å². The van der Waals surface area contributed by atoms with Gasteiger partial charge in [0.25, 0.3) is 5.56 Å². The molecule has 0 radical (unpaired) electrons. The summed E-state index contributed by atoms with van der Waals surface area (Å²) in [5.41, 5.74) is 1.76. The first-order chi connectivity index (χ1) is 8.60. The van der Waals surface area contributed by atoms with Crippen molar-refractivity contribution in [2.45, 2.75) is 13.5 Å². The highest BCUT2D eigenvalue weighted by Crippen LogP contribution is 2.25. The average Bonchev–Trinajstić information content (AvgIpc) is 2.33. The molecule has 18 heavy (non-hydrogen) atoms. The summed E-state index contributed by atoms with van der Waals surface area (Å²) in [6.45, 7) is 2.30. The largest absolute Gasteiger partial charge is 0.496 e. The maximum Gasteiger partial charge on any atom is 0.267 e. The maximum absolute atomic E-state index is 11.7. The molecular formula is C13H13BrN2O2. The van der Waals surface area contributed by atoms with Crippen molar-refractivity contribution in [3.05, 3.63) is 56.4 Å². The molecule has 0 aliphatic carbocycles. The van der Waals surface area contributed by atoms with Gasteiger partial charge in [0.2, 0.25) is 0 Å². The number of benzene rings is 1. The standard InChI is InChI=1S/C13H13BrN2O2/c1-9-5-13(17)16(15-7-9)8-10-3-4-12(18-2)11(14)6-10/h3-7H,8H2,1-2H3. The molecule has 2 rings (SSSR count). The Labute approximate surface area is 113 Å². The summed E-state index contributed by atoms with van der Waals surface area (Å²) in [5.74, 6) is 0.767. The number of aryl methyl sites for hydroxylation is 1. The van der Waals surface area contributed by atoms with Crippen molar-refractivity contribution in [3.63, 3.8) is 0 Å². The van der Waals surface area contributed by atoms with E-state index in [0.717, 1.165) is 21.3 Å². The molecule has 1 heterocycles. The lowest BCUT2D eigenvalue weighted by atomic mass is 10.2. The van der Waals surface area contributed by atoms with Gasteiger partial charge in [0, 0.05) is 6.07 Å². The van der Waals surface area contributed by atoms with Gasteiger partial charge < -0.3 is 4.74 Å². The molecule has 0 N–H and O–H groups in total. The first kappa shape index (κ1) is 12.8. The van der Waals surface area contributed by atoms with E-state index in [1.54, 1.807) is 19.4 Å². The Morgan fingerprint density at radius 3 is 2.78 bits per heavy atom. The van der Waals surface area contributed by atoms with Crippen LogP contribution in [0.15, 0.2) is 39.7 Å². The van der Waals surface area contributed by atoms with Crippen LogP contribution in [0.4, 0.5) is 0 Å². The van der Waals surface area contributed by atoms with Gasteiger partial charge in [-0.1, -0.05) is 6.07 Å². The smallest absolute Gasteiger partial charge is 0.267 e. The molecule has 2 aromatic rings. The SMILES string of the molecule is COc1ccc(Cn2ncc(C)cc2=O)cc1Br. The fourth-order valence-corrected chi connectivity index (χ4v) is 2.21. The van der Waals surface area contributed by atoms with Gasteiger partial charge in [-0.25, -0.2) is 4.68 Å². The molecule has 4 nitrogen and oxygen atoms in total. The topological polar surface area (TPSA) is 44.1 Å². The molecule has 0 spiro atoms. The fourth-order valence-electron chi connectivity index (χ4n) is 1.62. The lowest BCUT2D eigenvalue weighted by Gasteiger charge is -2.07. The number of methoxy groups -OCH3 is 1. The van der Waals surface area contributed by atoms with Crippen LogP contribution < -0.4 is 10.3 Å². The van der Waals surface area contributed by atoms with Crippen LogP contribution >= 0.6 is 15.9 Å². The van der Waals surface area contributed by atoms with Crippen molar-refractivity contribution >= 4 is 15.9 Å². The maximum atomic E-state index is 11.7. The van der Waals surface area contributed by atoms with Crippen LogP contribution in [-0.2, 0) is 6.54 Å². The summed E-state index contributed by atoms with van der Waals surface area (Å²) in [4.78, 5) is 11.7. The summed E-state index contributed by atoms with van der Waals surface area (Å²) in [5, 5.41) is 4.10. The predicted molar refractivity (Wildman–Crippen MR) is 73.0 cm³/mol. The van der Waals surface area contributed by atoms with Crippen molar-refractivity contribution in [2.75, 3.05) is 7.11 Å². The molecular weight excluding hydrogens is 296 g/mol. The van der Waals surface area contributed by atoms with Gasteiger partial charge in [0.15, 0.2) is 0 Å². The minimum Gasteiger partial charge on any atom is -0.496 e. The number of rotatable bonds is 3. The molecule has 5 heteroatoms. The third kappa shape index (κ3) is 2.79. The molecule has 0 bridgehead atoms. The highest BCUT2D eigenvalue weighted by molar-refractivity contribution is 9.10. The number of hydrogen-bond acceptors (Lipinski definition) is 3. The van der Waals surface area contributed by atoms with E-state index in [0.29, 0.717) is 6.54 Å². The second-order valence-corrected chi connectivity index (χ2v) is 4.85. The predicted octanol–water partition coefficient (Wildman–Crippen LogP) is 2.37. The summed E-state index contributed by atoms with van der Waals surface area (Å²) in [7, 11) is 1.62. The molecule has 1 aromatic carbocycles. The first-order valence-electron chi connectivity index (χ1n) is 5.46. The van der Waals surface area contributed by atoms with Crippen LogP contribution in [0.2, 0.25) is 0 Å². The second kappa shape index (κ2) is 5.35. The molecule has 94 valence electrons. The molecule has 0 fully saturated rings. The van der Waals surface area contributed by atoms with Gasteiger partial charge >= 0.3 is 0 Å². The zero-order chi connectivity index (χ0) is 13.1. The Hall–Kier alpha value is -1.62. The minimum atomic E-state index is -0.0954. The number of nitrogens with zero attached hydrogens (tertiary/aromatic N) is 2. The van der Waals surface area contributed by atoms with Crippen molar-refractivity contribution < 1.29 is 4.74 Å². The summed E-state index contributed by atoms with van der Waals surface area (Å²) in [6.07, 6.45) is 1.68. The van der Waals surface area contributed by atoms with Crippen molar-refractivity contribution in [2.24, 2.45) is 0 Å². The van der Waals surface area contributed by atoms with Gasteiger partial charge in [-0.15, -0.1) is 0 Å². The van der Waals surface area contributed by atoms with Crippen LogP contribution in [-0.4, -0.2) is 16.9 Å². The first-order valence-corrected chi connectivity index (χ1v) is 6.25. The highest BCUT2D eigenvalue weighted by Gasteiger charge is 2.04. The van der Waals surface area contributed by atoms with Crippen LogP contribution in [0.25, 0.3) is 0 Å². The lowest BCUT2D eigenvalue weighted by molar-refractivity contribution is 0.412. The van der Waals surface area contributed by atoms with Crippen molar-refractivity contribution in [1.82, 2.24) is 9.78 Å². The molecule has 0 aliphatic rings. The number of halogens is 1. The molecule has 1 aromatic heterocycles. The number of aromatic nitrogens is 2. The van der Waals surface area contributed by atoms with Crippen LogP contribution in [0.5, 0.6) is 5.75 Å². The summed E-state index contributed by atoms with van der Waals surface area (Å²) >= 11 is 3.42. The second-order valence-electron chi connectivity index (χ2n) is 4.00. The number of hydrogen-bond donors (Lipinski definition) is 0. The normalized spacial score (nSPS) is 10.4. The average molecular weight is 309 g/mol. The monoisotopic (exact) mass is 308 g/mol. The van der Waals surface area contributed by atoms with Crippen LogP contribution in [0.3, 0.4) is 0 Å². The quantitative estimate of drug-likeness (QED) is 0.874. The Balaban J connectivity index is 2.29. The Morgan fingerprint density at radius 2 is 2.17 bits per heavy atom. The molecule has 0 amide bonds. The van der Waals surface area contributed by atoms with Gasteiger partial charge in [-0.05, 0) is 46.1 Å². The van der Waals surface area contributed by atoms with Crippen LogP contribution in [0, 0.1) is 6.92 Å². The third-order valence-electron chi connectivity index (χ3n) is 2.55. The minimum absolute atomic E-state index is 0.0954. The zero-order valence-corrected chi connectivity index (χ0v) is 11.8.